The number of para-hydroxylation sites is 1. The van der Waals surface area contributed by atoms with Gasteiger partial charge in [0.05, 0.1) is 11.4 Å². The standard InChI is InChI=1S/C25H31N3O3S/c1-26(2)13-12-20-19-10-6-7-11-21(19)28(17-8-4-3-5-9-17)18(16-27(20)31)14-23-22(28)15-24(32-23)25(29)30/h6-7,10-11,14-15,17,20H,3-5,8-9,12-13,16H2,1-2H3,(H,29,30). The summed E-state index contributed by atoms with van der Waals surface area (Å²) in [7, 11) is 4.08. The van der Waals surface area contributed by atoms with Crippen LogP contribution >= 0.6 is 11.3 Å². The number of carbonyl (C=O) groups is 1. The van der Waals surface area contributed by atoms with Crippen molar-refractivity contribution in [3.8, 4) is 0 Å². The van der Waals surface area contributed by atoms with Crippen LogP contribution in [0.4, 0.5) is 11.4 Å². The molecule has 1 aromatic heterocycles. The second kappa shape index (κ2) is 8.39. The fraction of sp³-hybridized carbons (Fsp3) is 0.480. The van der Waals surface area contributed by atoms with Gasteiger partial charge < -0.3 is 20.3 Å². The third-order valence-corrected chi connectivity index (χ3v) is 8.45. The average molecular weight is 454 g/mol. The monoisotopic (exact) mass is 453 g/mol. The zero-order chi connectivity index (χ0) is 22.5. The summed E-state index contributed by atoms with van der Waals surface area (Å²) >= 11 is 1.34. The lowest BCUT2D eigenvalue weighted by molar-refractivity contribution is 0.0702. The maximum atomic E-state index is 13.6. The van der Waals surface area contributed by atoms with E-state index in [4.69, 9.17) is 0 Å². The van der Waals surface area contributed by atoms with Gasteiger partial charge in [0, 0.05) is 42.7 Å². The van der Waals surface area contributed by atoms with Crippen LogP contribution in [0.1, 0.15) is 64.7 Å². The van der Waals surface area contributed by atoms with E-state index in [0.29, 0.717) is 21.9 Å². The van der Waals surface area contributed by atoms with Gasteiger partial charge in [-0.25, -0.2) is 9.28 Å². The number of rotatable bonds is 5. The van der Waals surface area contributed by atoms with E-state index in [2.05, 4.69) is 29.2 Å². The molecule has 7 heteroatoms. The Balaban J connectivity index is 1.74. The van der Waals surface area contributed by atoms with Crippen LogP contribution < -0.4 is 4.48 Å². The van der Waals surface area contributed by atoms with Crippen LogP contribution in [0.5, 0.6) is 0 Å². The Morgan fingerprint density at radius 1 is 1.22 bits per heavy atom. The first kappa shape index (κ1) is 21.8. The molecular formula is C25H31N3O3S. The van der Waals surface area contributed by atoms with Crippen molar-refractivity contribution in [3.05, 3.63) is 56.6 Å². The molecule has 0 saturated heterocycles. The maximum absolute atomic E-state index is 13.6. The number of thiophene rings is 1. The highest BCUT2D eigenvalue weighted by Crippen LogP contribution is 2.58. The number of hydroxylamine groups is 2. The van der Waals surface area contributed by atoms with Crippen molar-refractivity contribution in [1.29, 1.82) is 0 Å². The number of fused-ring (bicyclic) bond motifs is 5. The first-order valence-electron chi connectivity index (χ1n) is 11.6. The second-order valence-corrected chi connectivity index (χ2v) is 10.6. The van der Waals surface area contributed by atoms with Gasteiger partial charge in [0.25, 0.3) is 0 Å². The van der Waals surface area contributed by atoms with E-state index in [1.165, 1.54) is 41.3 Å². The molecule has 0 spiro atoms. The van der Waals surface area contributed by atoms with Crippen molar-refractivity contribution >= 4 is 34.8 Å². The third kappa shape index (κ3) is 3.35. The molecule has 1 aromatic carbocycles. The summed E-state index contributed by atoms with van der Waals surface area (Å²) in [6.45, 7) is 1.19. The van der Waals surface area contributed by atoms with E-state index >= 15 is 0 Å². The fourth-order valence-electron chi connectivity index (χ4n) is 6.02. The molecule has 3 heterocycles. The molecule has 2 atom stereocenters. The predicted octanol–water partition coefficient (Wildman–Crippen LogP) is 5.58. The molecule has 2 unspecified atom stereocenters. The van der Waals surface area contributed by atoms with Gasteiger partial charge in [-0.1, -0.05) is 24.6 Å². The number of carboxylic acid groups (broad SMARTS) is 1. The largest absolute Gasteiger partial charge is 0.784 e. The fourth-order valence-corrected chi connectivity index (χ4v) is 7.02. The van der Waals surface area contributed by atoms with Crippen LogP contribution in [0.15, 0.2) is 36.0 Å². The van der Waals surface area contributed by atoms with Gasteiger partial charge in [-0.05, 0) is 39.9 Å². The number of nitrogens with zero attached hydrogens (tertiary/aromatic N) is 3. The van der Waals surface area contributed by atoms with Gasteiger partial charge in [-0.15, -0.1) is 11.3 Å². The lowest BCUT2D eigenvalue weighted by Crippen LogP contribution is -2.52. The van der Waals surface area contributed by atoms with Crippen molar-refractivity contribution in [2.24, 2.45) is 0 Å². The number of aromatic carboxylic acids is 1. The summed E-state index contributed by atoms with van der Waals surface area (Å²) in [4.78, 5) is 15.3. The van der Waals surface area contributed by atoms with Gasteiger partial charge in [0.2, 0.25) is 0 Å². The van der Waals surface area contributed by atoms with Gasteiger partial charge in [0.1, 0.15) is 22.3 Å². The number of carboxylic acids is 1. The van der Waals surface area contributed by atoms with E-state index < -0.39 is 5.97 Å². The van der Waals surface area contributed by atoms with Gasteiger partial charge in [-0.2, -0.15) is 0 Å². The summed E-state index contributed by atoms with van der Waals surface area (Å²) in [6, 6.07) is 10.4. The SMILES string of the molecule is CN(C)CCC1c2ccccc2[N+]2(C3CCCCC3)C(=Cc3sc(C(=O)O)cc32)CN1[O-]. The quantitative estimate of drug-likeness (QED) is 0.599. The Kier molecular flexibility index (Phi) is 5.72. The van der Waals surface area contributed by atoms with E-state index in [9.17, 15) is 15.1 Å². The second-order valence-electron chi connectivity index (χ2n) is 9.56. The van der Waals surface area contributed by atoms with Crippen LogP contribution in [0.2, 0.25) is 0 Å². The Labute approximate surface area is 193 Å². The molecular weight excluding hydrogens is 422 g/mol. The predicted molar refractivity (Wildman–Crippen MR) is 130 cm³/mol. The minimum Gasteiger partial charge on any atom is -0.784 e. The first-order chi connectivity index (χ1) is 15.4. The molecule has 1 aliphatic carbocycles. The highest BCUT2D eigenvalue weighted by Gasteiger charge is 2.54. The van der Waals surface area contributed by atoms with Crippen molar-refractivity contribution in [3.63, 3.8) is 0 Å². The summed E-state index contributed by atoms with van der Waals surface area (Å²) < 4.78 is 0.548. The zero-order valence-electron chi connectivity index (χ0n) is 18.8. The number of hydrogen-bond acceptors (Lipinski definition) is 5. The van der Waals surface area contributed by atoms with Crippen molar-refractivity contribution < 1.29 is 9.90 Å². The lowest BCUT2D eigenvalue weighted by atomic mass is 9.89. The first-order valence-corrected chi connectivity index (χ1v) is 12.4. The normalized spacial score (nSPS) is 25.8. The highest BCUT2D eigenvalue weighted by molar-refractivity contribution is 7.15. The van der Waals surface area contributed by atoms with Crippen LogP contribution in [0, 0.1) is 5.21 Å². The topological polar surface area (TPSA) is 66.8 Å². The zero-order valence-corrected chi connectivity index (χ0v) is 19.6. The average Bonchev–Trinajstić information content (AvgIpc) is 3.29. The van der Waals surface area contributed by atoms with E-state index in [1.54, 1.807) is 0 Å². The molecule has 0 radical (unpaired) electrons. The Bertz CT molecular complexity index is 1060. The van der Waals surface area contributed by atoms with Gasteiger partial charge in [-0.3, -0.25) is 0 Å². The highest BCUT2D eigenvalue weighted by atomic mass is 32.1. The molecule has 32 heavy (non-hydrogen) atoms. The van der Waals surface area contributed by atoms with Crippen LogP contribution in [-0.4, -0.2) is 54.3 Å². The molecule has 2 aromatic rings. The Hall–Kier alpha value is -2.03. The number of benzene rings is 1. The minimum atomic E-state index is -0.876. The van der Waals surface area contributed by atoms with Crippen molar-refractivity contribution in [2.45, 2.75) is 50.6 Å². The molecule has 2 aliphatic heterocycles. The van der Waals surface area contributed by atoms with Gasteiger partial charge >= 0.3 is 5.97 Å². The van der Waals surface area contributed by atoms with Crippen LogP contribution in [-0.2, 0) is 0 Å². The van der Waals surface area contributed by atoms with E-state index in [-0.39, 0.29) is 6.04 Å². The molecule has 0 bridgehead atoms. The minimum absolute atomic E-state index is 0.209. The summed E-state index contributed by atoms with van der Waals surface area (Å²) in [5.74, 6) is -0.876. The third-order valence-electron chi connectivity index (χ3n) is 7.40. The Morgan fingerprint density at radius 3 is 2.69 bits per heavy atom. The van der Waals surface area contributed by atoms with E-state index in [1.807, 2.05) is 26.2 Å². The Morgan fingerprint density at radius 2 is 1.97 bits per heavy atom. The maximum Gasteiger partial charge on any atom is 0.346 e. The molecule has 1 fully saturated rings. The molecule has 6 nitrogen and oxygen atoms in total. The van der Waals surface area contributed by atoms with Gasteiger partial charge in [0.15, 0.2) is 5.69 Å². The van der Waals surface area contributed by atoms with E-state index in [0.717, 1.165) is 47.6 Å². The lowest BCUT2D eigenvalue weighted by Gasteiger charge is -2.44. The molecule has 1 N–H and O–H groups in total. The molecule has 3 aliphatic rings. The van der Waals surface area contributed by atoms with Crippen molar-refractivity contribution in [2.75, 3.05) is 27.2 Å². The smallest absolute Gasteiger partial charge is 0.346 e. The summed E-state index contributed by atoms with van der Waals surface area (Å²) in [5.41, 5.74) is 4.42. The molecule has 0 amide bonds. The van der Waals surface area contributed by atoms with Crippen molar-refractivity contribution in [1.82, 2.24) is 14.4 Å². The number of quaternary nitrogens is 1. The molecule has 170 valence electrons. The summed E-state index contributed by atoms with van der Waals surface area (Å²) in [6.07, 6.45) is 8.66. The number of hydrogen-bond donors (Lipinski definition) is 1. The molecule has 5 rings (SSSR count). The van der Waals surface area contributed by atoms with Crippen LogP contribution in [0.3, 0.4) is 0 Å². The molecule has 1 saturated carbocycles. The van der Waals surface area contributed by atoms with Crippen LogP contribution in [0.25, 0.3) is 6.08 Å². The summed E-state index contributed by atoms with van der Waals surface area (Å²) in [5, 5.41) is 24.5.